The fraction of sp³-hybridized carbons (Fsp3) is 0.533. The third-order valence-electron chi connectivity index (χ3n) is 4.08. The topological polar surface area (TPSA) is 71.7 Å². The van der Waals surface area contributed by atoms with Gasteiger partial charge in [-0.3, -0.25) is 4.84 Å². The normalized spacial score (nSPS) is 17.7. The van der Waals surface area contributed by atoms with Gasteiger partial charge in [-0.25, -0.2) is 9.86 Å². The molecule has 140 valence electrons. The molecule has 4 rings (SSSR count). The number of urea groups is 1. The smallest absolute Gasteiger partial charge is 0.329 e. The third kappa shape index (κ3) is 3.54. The van der Waals surface area contributed by atoms with E-state index < -0.39 is 12.1 Å². The average Bonchev–Trinajstić information content (AvgIpc) is 3.04. The number of rotatable bonds is 4. The van der Waals surface area contributed by atoms with Gasteiger partial charge in [0, 0.05) is 10.9 Å². The van der Waals surface area contributed by atoms with Crippen molar-refractivity contribution in [2.75, 3.05) is 13.2 Å². The Bertz CT molecular complexity index is 796. The maximum absolute atomic E-state index is 12.6. The number of amides is 2. The van der Waals surface area contributed by atoms with Crippen LogP contribution in [0.3, 0.4) is 0 Å². The number of hydrogen-bond donors (Lipinski definition) is 0. The molecule has 1 aliphatic heterocycles. The van der Waals surface area contributed by atoms with Crippen molar-refractivity contribution in [3.63, 3.8) is 0 Å². The van der Waals surface area contributed by atoms with E-state index in [9.17, 15) is 18.0 Å². The van der Waals surface area contributed by atoms with Crippen LogP contribution >= 0.6 is 11.3 Å². The summed E-state index contributed by atoms with van der Waals surface area (Å²) in [7, 11) is 0. The standard InChI is InChI=1S/C15H15F3N4O3S/c16-15(17,18)13-19-12(20-25-13)11-5-4-10(26-11)8-21(9-2-3-9)14(23)22-6-1-7-24-22/h4-5,9H,1-3,6-8H2. The lowest BCUT2D eigenvalue weighted by Gasteiger charge is -2.26. The minimum Gasteiger partial charge on any atom is -0.329 e. The van der Waals surface area contributed by atoms with E-state index in [1.165, 1.54) is 16.4 Å². The summed E-state index contributed by atoms with van der Waals surface area (Å²) in [6, 6.07) is 3.41. The number of carbonyl (C=O) groups is 1. The van der Waals surface area contributed by atoms with Gasteiger partial charge < -0.3 is 9.42 Å². The molecular weight excluding hydrogens is 373 g/mol. The van der Waals surface area contributed by atoms with Crippen LogP contribution < -0.4 is 0 Å². The van der Waals surface area contributed by atoms with Crippen LogP contribution in [0, 0.1) is 0 Å². The number of aromatic nitrogens is 2. The Balaban J connectivity index is 1.48. The Hall–Kier alpha value is -2.14. The largest absolute Gasteiger partial charge is 0.471 e. The molecule has 0 unspecified atom stereocenters. The molecule has 1 aliphatic carbocycles. The lowest BCUT2D eigenvalue weighted by molar-refractivity contribution is -0.159. The van der Waals surface area contributed by atoms with Crippen LogP contribution in [0.5, 0.6) is 0 Å². The van der Waals surface area contributed by atoms with E-state index in [0.717, 1.165) is 24.1 Å². The fourth-order valence-corrected chi connectivity index (χ4v) is 3.60. The van der Waals surface area contributed by atoms with Crippen molar-refractivity contribution in [1.29, 1.82) is 0 Å². The molecule has 0 atom stereocenters. The van der Waals surface area contributed by atoms with E-state index in [-0.39, 0.29) is 17.9 Å². The van der Waals surface area contributed by atoms with Crippen LogP contribution in [0.1, 0.15) is 30.0 Å². The zero-order chi connectivity index (χ0) is 18.3. The molecule has 7 nitrogen and oxygen atoms in total. The third-order valence-corrected chi connectivity index (χ3v) is 5.14. The summed E-state index contributed by atoms with van der Waals surface area (Å²) in [6.45, 7) is 1.48. The number of thiophene rings is 1. The van der Waals surface area contributed by atoms with Crippen molar-refractivity contribution in [2.24, 2.45) is 0 Å². The maximum Gasteiger partial charge on any atom is 0.471 e. The number of nitrogens with zero attached hydrogens (tertiary/aromatic N) is 4. The summed E-state index contributed by atoms with van der Waals surface area (Å²) >= 11 is 1.24. The van der Waals surface area contributed by atoms with E-state index in [0.29, 0.717) is 24.6 Å². The molecule has 1 saturated heterocycles. The molecule has 0 spiro atoms. The van der Waals surface area contributed by atoms with Crippen molar-refractivity contribution in [2.45, 2.75) is 38.0 Å². The molecule has 2 aromatic rings. The van der Waals surface area contributed by atoms with Crippen LogP contribution in [0.25, 0.3) is 10.7 Å². The molecule has 0 radical (unpaired) electrons. The summed E-state index contributed by atoms with van der Waals surface area (Å²) in [5.74, 6) is -1.48. The quantitative estimate of drug-likeness (QED) is 0.801. The molecular formula is C15H15F3N4O3S. The van der Waals surface area contributed by atoms with Gasteiger partial charge in [-0.05, 0) is 31.4 Å². The van der Waals surface area contributed by atoms with E-state index >= 15 is 0 Å². The van der Waals surface area contributed by atoms with Gasteiger partial charge in [0.05, 0.1) is 24.6 Å². The van der Waals surface area contributed by atoms with Gasteiger partial charge in [-0.1, -0.05) is 5.16 Å². The highest BCUT2D eigenvalue weighted by atomic mass is 32.1. The lowest BCUT2D eigenvalue weighted by Crippen LogP contribution is -2.41. The monoisotopic (exact) mass is 388 g/mol. The Kier molecular flexibility index (Phi) is 4.35. The first kappa shape index (κ1) is 17.3. The Labute approximate surface area is 150 Å². The van der Waals surface area contributed by atoms with Gasteiger partial charge >= 0.3 is 18.1 Å². The molecule has 1 saturated carbocycles. The average molecular weight is 388 g/mol. The number of halogens is 3. The van der Waals surface area contributed by atoms with Gasteiger partial charge in [0.15, 0.2) is 0 Å². The van der Waals surface area contributed by atoms with Crippen LogP contribution in [0.2, 0.25) is 0 Å². The predicted octanol–water partition coefficient (Wildman–Crippen LogP) is 3.54. The molecule has 26 heavy (non-hydrogen) atoms. The molecule has 2 fully saturated rings. The summed E-state index contributed by atoms with van der Waals surface area (Å²) < 4.78 is 42.0. The Morgan fingerprint density at radius 2 is 2.19 bits per heavy atom. The first-order valence-corrected chi connectivity index (χ1v) is 8.94. The van der Waals surface area contributed by atoms with Crippen LogP contribution in [-0.2, 0) is 17.6 Å². The molecule has 0 N–H and O–H groups in total. The predicted molar refractivity (Wildman–Crippen MR) is 83.8 cm³/mol. The van der Waals surface area contributed by atoms with Crippen LogP contribution in [0.15, 0.2) is 16.7 Å². The van der Waals surface area contributed by atoms with Gasteiger partial charge in [0.25, 0.3) is 0 Å². The zero-order valence-electron chi connectivity index (χ0n) is 13.5. The Morgan fingerprint density at radius 1 is 1.38 bits per heavy atom. The molecule has 0 bridgehead atoms. The minimum atomic E-state index is -4.67. The molecule has 2 aromatic heterocycles. The minimum absolute atomic E-state index is 0.110. The highest BCUT2D eigenvalue weighted by molar-refractivity contribution is 7.15. The summed E-state index contributed by atoms with van der Waals surface area (Å²) in [5.41, 5.74) is 0. The van der Waals surface area contributed by atoms with Crippen molar-refractivity contribution < 1.29 is 27.3 Å². The van der Waals surface area contributed by atoms with Gasteiger partial charge in [-0.15, -0.1) is 11.3 Å². The molecule has 0 aromatic carbocycles. The van der Waals surface area contributed by atoms with Gasteiger partial charge in [-0.2, -0.15) is 18.2 Å². The second-order valence-corrected chi connectivity index (χ2v) is 7.29. The molecule has 2 aliphatic rings. The fourth-order valence-electron chi connectivity index (χ4n) is 2.67. The maximum atomic E-state index is 12.6. The lowest BCUT2D eigenvalue weighted by atomic mass is 10.3. The molecule has 2 amide bonds. The summed E-state index contributed by atoms with van der Waals surface area (Å²) in [4.78, 5) is 24.3. The van der Waals surface area contributed by atoms with Crippen LogP contribution in [-0.4, -0.2) is 45.3 Å². The molecule has 11 heteroatoms. The zero-order valence-corrected chi connectivity index (χ0v) is 14.3. The highest BCUT2D eigenvalue weighted by Gasteiger charge is 2.39. The second-order valence-electron chi connectivity index (χ2n) is 6.12. The van der Waals surface area contributed by atoms with Crippen molar-refractivity contribution in [1.82, 2.24) is 20.1 Å². The number of hydroxylamine groups is 2. The Morgan fingerprint density at radius 3 is 2.81 bits per heavy atom. The number of hydrogen-bond acceptors (Lipinski definition) is 6. The highest BCUT2D eigenvalue weighted by Crippen LogP contribution is 2.34. The van der Waals surface area contributed by atoms with Crippen molar-refractivity contribution in [3.8, 4) is 10.7 Å². The van der Waals surface area contributed by atoms with E-state index in [1.807, 2.05) is 0 Å². The van der Waals surface area contributed by atoms with Crippen LogP contribution in [0.4, 0.5) is 18.0 Å². The van der Waals surface area contributed by atoms with Gasteiger partial charge in [0.2, 0.25) is 5.82 Å². The number of carbonyl (C=O) groups excluding carboxylic acids is 1. The van der Waals surface area contributed by atoms with Crippen molar-refractivity contribution in [3.05, 3.63) is 22.9 Å². The van der Waals surface area contributed by atoms with Crippen molar-refractivity contribution >= 4 is 17.4 Å². The van der Waals surface area contributed by atoms with E-state index in [4.69, 9.17) is 4.84 Å². The first-order chi connectivity index (χ1) is 12.4. The van der Waals surface area contributed by atoms with Gasteiger partial charge in [0.1, 0.15) is 0 Å². The number of alkyl halides is 3. The first-order valence-electron chi connectivity index (χ1n) is 8.13. The van der Waals surface area contributed by atoms with E-state index in [2.05, 4.69) is 14.7 Å². The second kappa shape index (κ2) is 6.54. The van der Waals surface area contributed by atoms with E-state index in [1.54, 1.807) is 17.0 Å². The summed E-state index contributed by atoms with van der Waals surface area (Å²) in [6.07, 6.45) is -1.97. The summed E-state index contributed by atoms with van der Waals surface area (Å²) in [5, 5.41) is 4.76. The SMILES string of the molecule is O=C(N1CCCO1)N(Cc1ccc(-c2noc(C(F)(F)F)n2)s1)C1CC1. The molecule has 3 heterocycles.